The number of aromatic nitrogens is 2. The molecule has 0 spiro atoms. The van der Waals surface area contributed by atoms with Gasteiger partial charge in [-0.2, -0.15) is 0 Å². The van der Waals surface area contributed by atoms with E-state index in [1.807, 2.05) is 6.92 Å². The van der Waals surface area contributed by atoms with Crippen molar-refractivity contribution in [1.82, 2.24) is 15.5 Å². The summed E-state index contributed by atoms with van der Waals surface area (Å²) >= 11 is 12.1. The molecule has 0 saturated carbocycles. The second kappa shape index (κ2) is 6.37. The number of rotatable bonds is 5. The maximum Gasteiger partial charge on any atom is 0.249 e. The van der Waals surface area contributed by atoms with Gasteiger partial charge in [0.1, 0.15) is 0 Å². The van der Waals surface area contributed by atoms with Crippen molar-refractivity contribution >= 4 is 23.2 Å². The van der Waals surface area contributed by atoms with Gasteiger partial charge in [0.25, 0.3) is 0 Å². The molecule has 1 unspecified atom stereocenters. The van der Waals surface area contributed by atoms with Gasteiger partial charge in [-0.05, 0) is 32.0 Å². The van der Waals surface area contributed by atoms with Crippen LogP contribution in [0.4, 0.5) is 0 Å². The number of hydrogen-bond acceptors (Lipinski definition) is 4. The van der Waals surface area contributed by atoms with Gasteiger partial charge in [0.15, 0.2) is 0 Å². The standard InChI is InChI=1S/C13H15Cl2N3O/c1-3-7-16-8(2)12-17-18-13(19-12)9-5-4-6-10(14)11(9)15/h4-6,8,16H,3,7H2,1-2H3. The first kappa shape index (κ1) is 14.3. The molecular formula is C13H15Cl2N3O. The van der Waals surface area contributed by atoms with Crippen LogP contribution in [0, 0.1) is 0 Å². The summed E-state index contributed by atoms with van der Waals surface area (Å²) in [7, 11) is 0. The average Bonchev–Trinajstić information content (AvgIpc) is 2.88. The van der Waals surface area contributed by atoms with E-state index in [2.05, 4.69) is 22.4 Å². The van der Waals surface area contributed by atoms with Crippen molar-refractivity contribution in [3.8, 4) is 11.5 Å². The first-order valence-electron chi connectivity index (χ1n) is 6.14. The maximum absolute atomic E-state index is 6.12. The second-order valence-corrected chi connectivity index (χ2v) is 5.01. The SMILES string of the molecule is CCCNC(C)c1nnc(-c2cccc(Cl)c2Cl)o1. The second-order valence-electron chi connectivity index (χ2n) is 4.22. The zero-order valence-corrected chi connectivity index (χ0v) is 12.3. The predicted octanol–water partition coefficient (Wildman–Crippen LogP) is 4.10. The van der Waals surface area contributed by atoms with Crippen LogP contribution >= 0.6 is 23.2 Å². The Kier molecular flexibility index (Phi) is 4.80. The van der Waals surface area contributed by atoms with Crippen LogP contribution in [0.5, 0.6) is 0 Å². The van der Waals surface area contributed by atoms with E-state index in [1.54, 1.807) is 18.2 Å². The van der Waals surface area contributed by atoms with Crippen molar-refractivity contribution in [3.63, 3.8) is 0 Å². The molecule has 0 bridgehead atoms. The van der Waals surface area contributed by atoms with Crippen LogP contribution in [0.15, 0.2) is 22.6 Å². The monoisotopic (exact) mass is 299 g/mol. The molecule has 0 aliphatic heterocycles. The third-order valence-corrected chi connectivity index (χ3v) is 3.51. The normalized spacial score (nSPS) is 12.6. The van der Waals surface area contributed by atoms with Gasteiger partial charge in [-0.3, -0.25) is 0 Å². The molecule has 1 aromatic carbocycles. The Hall–Kier alpha value is -1.10. The minimum atomic E-state index is 0.0131. The largest absolute Gasteiger partial charge is 0.419 e. The summed E-state index contributed by atoms with van der Waals surface area (Å²) in [6, 6.07) is 5.33. The number of nitrogens with zero attached hydrogens (tertiary/aromatic N) is 2. The predicted molar refractivity (Wildman–Crippen MR) is 76.5 cm³/mol. The van der Waals surface area contributed by atoms with E-state index in [9.17, 15) is 0 Å². The van der Waals surface area contributed by atoms with Crippen LogP contribution in [0.3, 0.4) is 0 Å². The molecular weight excluding hydrogens is 285 g/mol. The lowest BCUT2D eigenvalue weighted by Gasteiger charge is -2.07. The quantitative estimate of drug-likeness (QED) is 0.903. The van der Waals surface area contributed by atoms with Crippen LogP contribution < -0.4 is 5.32 Å². The van der Waals surface area contributed by atoms with E-state index in [-0.39, 0.29) is 6.04 Å². The fraction of sp³-hybridized carbons (Fsp3) is 0.385. The molecule has 1 aromatic heterocycles. The van der Waals surface area contributed by atoms with Gasteiger partial charge in [-0.25, -0.2) is 0 Å². The van der Waals surface area contributed by atoms with Crippen molar-refractivity contribution in [2.45, 2.75) is 26.3 Å². The zero-order valence-electron chi connectivity index (χ0n) is 10.8. The lowest BCUT2D eigenvalue weighted by Crippen LogP contribution is -2.19. The summed E-state index contributed by atoms with van der Waals surface area (Å²) in [5.41, 5.74) is 0.649. The fourth-order valence-electron chi connectivity index (χ4n) is 1.64. The van der Waals surface area contributed by atoms with E-state index >= 15 is 0 Å². The molecule has 0 aliphatic rings. The Morgan fingerprint density at radius 2 is 2.11 bits per heavy atom. The van der Waals surface area contributed by atoms with Crippen molar-refractivity contribution in [1.29, 1.82) is 0 Å². The van der Waals surface area contributed by atoms with Gasteiger partial charge in [0.05, 0.1) is 21.7 Å². The van der Waals surface area contributed by atoms with Gasteiger partial charge in [0.2, 0.25) is 11.8 Å². The van der Waals surface area contributed by atoms with Crippen LogP contribution in [-0.2, 0) is 0 Å². The van der Waals surface area contributed by atoms with E-state index in [0.717, 1.165) is 13.0 Å². The summed E-state index contributed by atoms with van der Waals surface area (Å²) < 4.78 is 5.64. The minimum Gasteiger partial charge on any atom is -0.419 e. The van der Waals surface area contributed by atoms with Crippen LogP contribution in [0.2, 0.25) is 10.0 Å². The average molecular weight is 300 g/mol. The molecule has 19 heavy (non-hydrogen) atoms. The van der Waals surface area contributed by atoms with Gasteiger partial charge < -0.3 is 9.73 Å². The molecule has 1 atom stereocenters. The minimum absolute atomic E-state index is 0.0131. The summed E-state index contributed by atoms with van der Waals surface area (Å²) in [5.74, 6) is 0.923. The third-order valence-electron chi connectivity index (χ3n) is 2.69. The van der Waals surface area contributed by atoms with Crippen molar-refractivity contribution in [2.24, 2.45) is 0 Å². The highest BCUT2D eigenvalue weighted by molar-refractivity contribution is 6.43. The topological polar surface area (TPSA) is 51.0 Å². The van der Waals surface area contributed by atoms with Crippen LogP contribution in [-0.4, -0.2) is 16.7 Å². The van der Waals surface area contributed by atoms with Gasteiger partial charge in [-0.15, -0.1) is 10.2 Å². The molecule has 1 N–H and O–H groups in total. The lowest BCUT2D eigenvalue weighted by atomic mass is 10.2. The molecule has 2 rings (SSSR count). The van der Waals surface area contributed by atoms with Gasteiger partial charge in [-0.1, -0.05) is 36.2 Å². The maximum atomic E-state index is 6.12. The van der Waals surface area contributed by atoms with Crippen LogP contribution in [0.25, 0.3) is 11.5 Å². The molecule has 0 fully saturated rings. The van der Waals surface area contributed by atoms with E-state index in [0.29, 0.717) is 27.4 Å². The molecule has 1 heterocycles. The smallest absolute Gasteiger partial charge is 0.249 e. The highest BCUT2D eigenvalue weighted by atomic mass is 35.5. The van der Waals surface area contributed by atoms with Crippen molar-refractivity contribution < 1.29 is 4.42 Å². The summed E-state index contributed by atoms with van der Waals surface area (Å²) in [6.45, 7) is 4.98. The Labute approximate surface area is 122 Å². The van der Waals surface area contributed by atoms with Crippen LogP contribution in [0.1, 0.15) is 32.2 Å². The number of hydrogen-bond donors (Lipinski definition) is 1. The fourth-order valence-corrected chi connectivity index (χ4v) is 2.02. The first-order valence-corrected chi connectivity index (χ1v) is 6.90. The zero-order chi connectivity index (χ0) is 13.8. The van der Waals surface area contributed by atoms with Gasteiger partial charge in [0, 0.05) is 0 Å². The Balaban J connectivity index is 2.23. The highest BCUT2D eigenvalue weighted by Gasteiger charge is 2.16. The first-order chi connectivity index (χ1) is 9.13. The summed E-state index contributed by atoms with van der Waals surface area (Å²) in [6.07, 6.45) is 1.05. The Morgan fingerprint density at radius 1 is 1.32 bits per heavy atom. The number of halogens is 2. The molecule has 0 aliphatic carbocycles. The molecule has 0 amide bonds. The molecule has 6 heteroatoms. The highest BCUT2D eigenvalue weighted by Crippen LogP contribution is 2.33. The van der Waals surface area contributed by atoms with E-state index in [4.69, 9.17) is 27.6 Å². The molecule has 0 radical (unpaired) electrons. The number of nitrogens with one attached hydrogen (secondary N) is 1. The van der Waals surface area contributed by atoms with Gasteiger partial charge >= 0.3 is 0 Å². The molecule has 0 saturated heterocycles. The van der Waals surface area contributed by atoms with Crippen molar-refractivity contribution in [2.75, 3.05) is 6.54 Å². The molecule has 4 nitrogen and oxygen atoms in total. The Morgan fingerprint density at radius 3 is 2.84 bits per heavy atom. The molecule has 2 aromatic rings. The van der Waals surface area contributed by atoms with E-state index < -0.39 is 0 Å². The van der Waals surface area contributed by atoms with E-state index in [1.165, 1.54) is 0 Å². The van der Waals surface area contributed by atoms with Crippen molar-refractivity contribution in [3.05, 3.63) is 34.1 Å². The third kappa shape index (κ3) is 3.26. The molecule has 102 valence electrons. The summed E-state index contributed by atoms with van der Waals surface area (Å²) in [4.78, 5) is 0. The number of benzene rings is 1. The Bertz CT molecular complexity index is 557. The summed E-state index contributed by atoms with van der Waals surface area (Å²) in [5, 5.41) is 12.2. The lowest BCUT2D eigenvalue weighted by molar-refractivity contribution is 0.423.